The van der Waals surface area contributed by atoms with Gasteiger partial charge in [-0.3, -0.25) is 14.9 Å². The number of nitrogens with zero attached hydrogens (tertiary/aromatic N) is 2. The molecule has 0 saturated carbocycles. The number of aromatic hydroxyl groups is 1. The van der Waals surface area contributed by atoms with Crippen LogP contribution in [0.3, 0.4) is 0 Å². The SMILES string of the molecule is CCOc1cc(/C=N\NC(=O)c2cc3ccccc3cc2OC)cc([N+](=O)[O-])c1O. The van der Waals surface area contributed by atoms with Crippen LogP contribution in [-0.4, -0.2) is 35.9 Å². The highest BCUT2D eigenvalue weighted by Gasteiger charge is 2.20. The molecule has 0 aliphatic rings. The van der Waals surface area contributed by atoms with E-state index in [0.29, 0.717) is 11.3 Å². The topological polar surface area (TPSA) is 123 Å². The largest absolute Gasteiger partial charge is 0.500 e. The number of benzene rings is 3. The molecule has 1 amide bonds. The maximum Gasteiger partial charge on any atom is 0.315 e. The zero-order valence-corrected chi connectivity index (χ0v) is 16.3. The second-order valence-corrected chi connectivity index (χ2v) is 6.18. The van der Waals surface area contributed by atoms with Gasteiger partial charge in [-0.25, -0.2) is 5.43 Å². The molecule has 0 saturated heterocycles. The van der Waals surface area contributed by atoms with Crippen LogP contribution in [-0.2, 0) is 0 Å². The second-order valence-electron chi connectivity index (χ2n) is 6.18. The Balaban J connectivity index is 1.85. The maximum absolute atomic E-state index is 12.6. The molecule has 0 bridgehead atoms. The number of hydrogen-bond donors (Lipinski definition) is 2. The third-order valence-corrected chi connectivity index (χ3v) is 4.27. The summed E-state index contributed by atoms with van der Waals surface area (Å²) in [7, 11) is 1.47. The van der Waals surface area contributed by atoms with Crippen molar-refractivity contribution in [3.05, 3.63) is 69.8 Å². The number of ether oxygens (including phenoxy) is 2. The average Bonchev–Trinajstić information content (AvgIpc) is 2.74. The summed E-state index contributed by atoms with van der Waals surface area (Å²) in [5.74, 6) is -0.730. The number of carbonyl (C=O) groups is 1. The van der Waals surface area contributed by atoms with E-state index >= 15 is 0 Å². The summed E-state index contributed by atoms with van der Waals surface area (Å²) in [6, 6.07) is 13.5. The Morgan fingerprint density at radius 3 is 2.53 bits per heavy atom. The summed E-state index contributed by atoms with van der Waals surface area (Å²) in [5, 5.41) is 26.7. The van der Waals surface area contributed by atoms with Gasteiger partial charge in [-0.05, 0) is 35.9 Å². The lowest BCUT2D eigenvalue weighted by Gasteiger charge is -2.09. The smallest absolute Gasteiger partial charge is 0.315 e. The van der Waals surface area contributed by atoms with E-state index in [1.807, 2.05) is 24.3 Å². The molecule has 0 atom stereocenters. The van der Waals surface area contributed by atoms with Crippen molar-refractivity contribution in [2.45, 2.75) is 6.92 Å². The first-order valence-corrected chi connectivity index (χ1v) is 8.99. The molecule has 9 heteroatoms. The van der Waals surface area contributed by atoms with Gasteiger partial charge >= 0.3 is 5.69 Å². The quantitative estimate of drug-likeness (QED) is 0.349. The van der Waals surface area contributed by atoms with E-state index < -0.39 is 22.3 Å². The number of methoxy groups -OCH3 is 1. The van der Waals surface area contributed by atoms with E-state index in [1.54, 1.807) is 19.1 Å². The minimum absolute atomic E-state index is 0.0457. The Morgan fingerprint density at radius 1 is 1.20 bits per heavy atom. The number of phenols is 1. The molecule has 0 spiro atoms. The molecule has 3 aromatic carbocycles. The summed E-state index contributed by atoms with van der Waals surface area (Å²) in [4.78, 5) is 23.0. The van der Waals surface area contributed by atoms with E-state index in [2.05, 4.69) is 10.5 Å². The summed E-state index contributed by atoms with van der Waals surface area (Å²) < 4.78 is 10.5. The molecular weight excluding hydrogens is 390 g/mol. The molecule has 0 heterocycles. The van der Waals surface area contributed by atoms with Crippen molar-refractivity contribution in [3.8, 4) is 17.2 Å². The van der Waals surface area contributed by atoms with Crippen LogP contribution in [0, 0.1) is 10.1 Å². The maximum atomic E-state index is 12.6. The predicted molar refractivity (Wildman–Crippen MR) is 111 cm³/mol. The number of hydrogen-bond acceptors (Lipinski definition) is 7. The van der Waals surface area contributed by atoms with Gasteiger partial charge in [-0.2, -0.15) is 5.10 Å². The van der Waals surface area contributed by atoms with Crippen LogP contribution in [0.15, 0.2) is 53.6 Å². The van der Waals surface area contributed by atoms with Gasteiger partial charge in [-0.15, -0.1) is 0 Å². The Labute approximate surface area is 171 Å². The number of hydrazone groups is 1. The lowest BCUT2D eigenvalue weighted by atomic mass is 10.1. The Bertz CT molecular complexity index is 1140. The van der Waals surface area contributed by atoms with Crippen molar-refractivity contribution in [2.24, 2.45) is 5.10 Å². The monoisotopic (exact) mass is 409 g/mol. The molecule has 3 rings (SSSR count). The fourth-order valence-electron chi connectivity index (χ4n) is 2.88. The third kappa shape index (κ3) is 4.30. The van der Waals surface area contributed by atoms with Gasteiger partial charge < -0.3 is 14.6 Å². The van der Waals surface area contributed by atoms with Gasteiger partial charge in [0.25, 0.3) is 5.91 Å². The molecule has 2 N–H and O–H groups in total. The molecule has 0 fully saturated rings. The standard InChI is InChI=1S/C21H19N3O6/c1-3-30-19-9-13(8-17(20(19)25)24(27)28)12-22-23-21(26)16-10-14-6-4-5-7-15(14)11-18(16)29-2/h4-12,25H,3H2,1-2H3,(H,23,26)/b22-12-. The molecule has 0 radical (unpaired) electrons. The highest BCUT2D eigenvalue weighted by molar-refractivity contribution is 6.02. The number of nitro benzene ring substituents is 1. The Hall–Kier alpha value is -4.14. The van der Waals surface area contributed by atoms with Crippen LogP contribution in [0.4, 0.5) is 5.69 Å². The molecule has 0 aliphatic heterocycles. The zero-order valence-electron chi connectivity index (χ0n) is 16.3. The molecule has 0 aromatic heterocycles. The molecule has 30 heavy (non-hydrogen) atoms. The normalized spacial score (nSPS) is 10.9. The molecule has 154 valence electrons. The number of carbonyl (C=O) groups excluding carboxylic acids is 1. The third-order valence-electron chi connectivity index (χ3n) is 4.27. The molecule has 0 aliphatic carbocycles. The zero-order chi connectivity index (χ0) is 21.7. The number of amides is 1. The summed E-state index contributed by atoms with van der Waals surface area (Å²) in [5.41, 5.74) is 2.42. The fraction of sp³-hybridized carbons (Fsp3) is 0.143. The number of nitrogens with one attached hydrogen (secondary N) is 1. The lowest BCUT2D eigenvalue weighted by molar-refractivity contribution is -0.386. The highest BCUT2D eigenvalue weighted by atomic mass is 16.6. The highest BCUT2D eigenvalue weighted by Crippen LogP contribution is 2.36. The van der Waals surface area contributed by atoms with Crippen molar-refractivity contribution in [2.75, 3.05) is 13.7 Å². The number of nitro groups is 1. The number of rotatable bonds is 7. The number of phenolic OH excluding ortho intramolecular Hbond substituents is 1. The molecule has 0 unspecified atom stereocenters. The Kier molecular flexibility index (Phi) is 6.11. The minimum atomic E-state index is -0.728. The van der Waals surface area contributed by atoms with Gasteiger partial charge in [-0.1, -0.05) is 24.3 Å². The van der Waals surface area contributed by atoms with Crippen LogP contribution >= 0.6 is 0 Å². The minimum Gasteiger partial charge on any atom is -0.500 e. The van der Waals surface area contributed by atoms with Crippen LogP contribution < -0.4 is 14.9 Å². The van der Waals surface area contributed by atoms with Crippen LogP contribution in [0.5, 0.6) is 17.2 Å². The van der Waals surface area contributed by atoms with Gasteiger partial charge in [0.05, 0.1) is 30.4 Å². The van der Waals surface area contributed by atoms with Gasteiger partial charge in [0.15, 0.2) is 5.75 Å². The van der Waals surface area contributed by atoms with E-state index in [1.165, 1.54) is 19.4 Å². The van der Waals surface area contributed by atoms with E-state index in [9.17, 15) is 20.0 Å². The fourth-order valence-corrected chi connectivity index (χ4v) is 2.88. The number of fused-ring (bicyclic) bond motifs is 1. The van der Waals surface area contributed by atoms with Gasteiger partial charge in [0.2, 0.25) is 5.75 Å². The van der Waals surface area contributed by atoms with Crippen molar-refractivity contribution < 1.29 is 24.3 Å². The first kappa shape index (κ1) is 20.6. The van der Waals surface area contributed by atoms with Gasteiger partial charge in [0.1, 0.15) is 5.75 Å². The van der Waals surface area contributed by atoms with Crippen molar-refractivity contribution >= 4 is 28.6 Å². The molecule has 9 nitrogen and oxygen atoms in total. The first-order chi connectivity index (χ1) is 14.4. The van der Waals surface area contributed by atoms with Crippen LogP contribution in [0.2, 0.25) is 0 Å². The van der Waals surface area contributed by atoms with Crippen molar-refractivity contribution in [3.63, 3.8) is 0 Å². The second kappa shape index (κ2) is 8.91. The van der Waals surface area contributed by atoms with Gasteiger partial charge in [0, 0.05) is 11.6 Å². The van der Waals surface area contributed by atoms with E-state index in [0.717, 1.165) is 16.8 Å². The molecule has 3 aromatic rings. The molecular formula is C21H19N3O6. The first-order valence-electron chi connectivity index (χ1n) is 8.99. The van der Waals surface area contributed by atoms with Crippen molar-refractivity contribution in [1.29, 1.82) is 0 Å². The van der Waals surface area contributed by atoms with Crippen LogP contribution in [0.25, 0.3) is 10.8 Å². The van der Waals surface area contributed by atoms with E-state index in [4.69, 9.17) is 9.47 Å². The summed E-state index contributed by atoms with van der Waals surface area (Å²) >= 11 is 0. The van der Waals surface area contributed by atoms with Crippen LogP contribution in [0.1, 0.15) is 22.8 Å². The van der Waals surface area contributed by atoms with E-state index in [-0.39, 0.29) is 17.9 Å². The lowest BCUT2D eigenvalue weighted by Crippen LogP contribution is -2.18. The Morgan fingerprint density at radius 2 is 1.90 bits per heavy atom. The summed E-state index contributed by atoms with van der Waals surface area (Å²) in [6.45, 7) is 1.90. The predicted octanol–water partition coefficient (Wildman–Crippen LogP) is 3.62. The van der Waals surface area contributed by atoms with Crippen molar-refractivity contribution in [1.82, 2.24) is 5.43 Å². The summed E-state index contributed by atoms with van der Waals surface area (Å²) in [6.07, 6.45) is 1.22. The average molecular weight is 409 g/mol.